The molecule has 0 bridgehead atoms. The van der Waals surface area contributed by atoms with E-state index in [4.69, 9.17) is 11.6 Å². The Labute approximate surface area is 68.5 Å². The fourth-order valence-corrected chi connectivity index (χ4v) is 0.712. The minimum atomic E-state index is 0.0347. The topological polar surface area (TPSA) is 20.3 Å². The molecule has 4 heteroatoms. The molecule has 0 N–H and O–H groups in total. The van der Waals surface area contributed by atoms with Crippen LogP contribution < -0.4 is 0 Å². The maximum absolute atomic E-state index is 10.8. The van der Waals surface area contributed by atoms with Gasteiger partial charge in [0, 0.05) is 6.42 Å². The largest absolute Gasteiger partial charge is 0.274 e. The molecule has 0 spiro atoms. The van der Waals surface area contributed by atoms with Gasteiger partial charge in [0.25, 0.3) is 0 Å². The van der Waals surface area contributed by atoms with Crippen molar-refractivity contribution in [2.24, 2.45) is 0 Å². The molecule has 0 radical (unpaired) electrons. The molecule has 0 aliphatic heterocycles. The first-order chi connectivity index (χ1) is 4.22. The lowest BCUT2D eigenvalue weighted by Crippen LogP contribution is -2.18. The lowest BCUT2D eigenvalue weighted by molar-refractivity contribution is -0.125. The highest BCUT2D eigenvalue weighted by Gasteiger charge is 2.05. The molecule has 0 saturated carbocycles. The number of halogens is 2. The van der Waals surface area contributed by atoms with Gasteiger partial charge in [-0.2, -0.15) is 0 Å². The van der Waals surface area contributed by atoms with Crippen LogP contribution in [-0.2, 0) is 4.79 Å². The number of rotatable bonds is 3. The van der Waals surface area contributed by atoms with E-state index in [0.717, 1.165) is 6.42 Å². The van der Waals surface area contributed by atoms with Crippen molar-refractivity contribution in [3.8, 4) is 0 Å². The lowest BCUT2D eigenvalue weighted by atomic mass is 10.3. The van der Waals surface area contributed by atoms with Gasteiger partial charge in [0.2, 0.25) is 5.91 Å². The van der Waals surface area contributed by atoms with Gasteiger partial charge in [-0.1, -0.05) is 6.92 Å². The Balaban J connectivity index is 3.46. The fraction of sp³-hybridized carbons (Fsp3) is 0.800. The van der Waals surface area contributed by atoms with Crippen molar-refractivity contribution in [3.05, 3.63) is 0 Å². The third kappa shape index (κ3) is 3.76. The summed E-state index contributed by atoms with van der Waals surface area (Å²) in [6.45, 7) is 1.95. The Morgan fingerprint density at radius 3 is 2.67 bits per heavy atom. The summed E-state index contributed by atoms with van der Waals surface area (Å²) in [7, 11) is 0. The molecule has 0 rings (SSSR count). The van der Waals surface area contributed by atoms with Gasteiger partial charge < -0.3 is 0 Å². The number of carbonyl (C=O) groups is 1. The van der Waals surface area contributed by atoms with E-state index in [1.165, 1.54) is 3.93 Å². The van der Waals surface area contributed by atoms with E-state index >= 15 is 0 Å². The molecular weight excluding hydrogens is 205 g/mol. The standard InChI is InChI=1S/C5H9BrClNO/c1-2-3-5(9)8(6)4-7/h2-4H2,1H3. The van der Waals surface area contributed by atoms with E-state index in [9.17, 15) is 4.79 Å². The minimum Gasteiger partial charge on any atom is -0.274 e. The Morgan fingerprint density at radius 1 is 1.78 bits per heavy atom. The molecule has 0 heterocycles. The Morgan fingerprint density at radius 2 is 2.33 bits per heavy atom. The number of hydrogen-bond acceptors (Lipinski definition) is 1. The predicted molar refractivity (Wildman–Crippen MR) is 41.4 cm³/mol. The summed E-state index contributed by atoms with van der Waals surface area (Å²) in [5.74, 6) is 0.0347. The van der Waals surface area contributed by atoms with Crippen molar-refractivity contribution >= 4 is 33.7 Å². The molecule has 0 aromatic heterocycles. The van der Waals surface area contributed by atoms with Crippen LogP contribution in [0.2, 0.25) is 0 Å². The highest BCUT2D eigenvalue weighted by atomic mass is 79.9. The summed E-state index contributed by atoms with van der Waals surface area (Å²) in [6, 6.07) is 0.207. The number of amides is 1. The van der Waals surface area contributed by atoms with Crippen molar-refractivity contribution in [3.63, 3.8) is 0 Å². The molecule has 0 aromatic rings. The third-order valence-corrected chi connectivity index (χ3v) is 2.01. The van der Waals surface area contributed by atoms with Crippen LogP contribution in [0.3, 0.4) is 0 Å². The van der Waals surface area contributed by atoms with Crippen molar-refractivity contribution in [1.82, 2.24) is 3.93 Å². The first-order valence-electron chi connectivity index (χ1n) is 2.74. The SMILES string of the molecule is CCCC(=O)N(Br)CCl. The van der Waals surface area contributed by atoms with Gasteiger partial charge in [-0.05, 0) is 6.42 Å². The van der Waals surface area contributed by atoms with Crippen molar-refractivity contribution in [1.29, 1.82) is 0 Å². The molecule has 0 atom stereocenters. The molecule has 1 amide bonds. The second kappa shape index (κ2) is 5.06. The first kappa shape index (κ1) is 9.24. The van der Waals surface area contributed by atoms with Gasteiger partial charge in [-0.3, -0.25) is 8.72 Å². The fourth-order valence-electron chi connectivity index (χ4n) is 0.402. The quantitative estimate of drug-likeness (QED) is 0.400. The number of hydrogen-bond donors (Lipinski definition) is 0. The maximum Gasteiger partial charge on any atom is 0.233 e. The molecule has 0 aliphatic carbocycles. The molecule has 0 saturated heterocycles. The van der Waals surface area contributed by atoms with Gasteiger partial charge in [-0.25, -0.2) is 0 Å². The summed E-state index contributed by atoms with van der Waals surface area (Å²) in [4.78, 5) is 10.8. The van der Waals surface area contributed by atoms with E-state index in [1.807, 2.05) is 6.92 Å². The molecule has 2 nitrogen and oxygen atoms in total. The Hall–Kier alpha value is 0.240. The zero-order chi connectivity index (χ0) is 7.28. The zero-order valence-corrected chi connectivity index (χ0v) is 7.57. The summed E-state index contributed by atoms with van der Waals surface area (Å²) in [5.41, 5.74) is 0. The van der Waals surface area contributed by atoms with Crippen LogP contribution in [0.4, 0.5) is 0 Å². The monoisotopic (exact) mass is 213 g/mol. The molecule has 0 aromatic carbocycles. The Kier molecular flexibility index (Phi) is 5.19. The highest BCUT2D eigenvalue weighted by molar-refractivity contribution is 9.07. The maximum atomic E-state index is 10.8. The third-order valence-electron chi connectivity index (χ3n) is 0.839. The van der Waals surface area contributed by atoms with Crippen molar-refractivity contribution in [2.75, 3.05) is 6.00 Å². The van der Waals surface area contributed by atoms with E-state index in [-0.39, 0.29) is 11.9 Å². The van der Waals surface area contributed by atoms with E-state index in [2.05, 4.69) is 16.1 Å². The van der Waals surface area contributed by atoms with Gasteiger partial charge >= 0.3 is 0 Å². The molecule has 0 fully saturated rings. The van der Waals surface area contributed by atoms with Gasteiger partial charge in [0.1, 0.15) is 6.00 Å². The average Bonchev–Trinajstić information content (AvgIpc) is 1.87. The predicted octanol–water partition coefficient (Wildman–Crippen LogP) is 2.12. The zero-order valence-electron chi connectivity index (χ0n) is 5.23. The summed E-state index contributed by atoms with van der Waals surface area (Å²) in [5, 5.41) is 0. The van der Waals surface area contributed by atoms with Gasteiger partial charge in [0.05, 0.1) is 16.1 Å². The number of carbonyl (C=O) groups excluding carboxylic acids is 1. The van der Waals surface area contributed by atoms with E-state index in [1.54, 1.807) is 0 Å². The van der Waals surface area contributed by atoms with Crippen molar-refractivity contribution in [2.45, 2.75) is 19.8 Å². The number of alkyl halides is 1. The van der Waals surface area contributed by atoms with Crippen LogP contribution in [0.1, 0.15) is 19.8 Å². The highest BCUT2D eigenvalue weighted by Crippen LogP contribution is 2.03. The number of nitrogens with zero attached hydrogens (tertiary/aromatic N) is 1. The van der Waals surface area contributed by atoms with Crippen LogP contribution in [0.5, 0.6) is 0 Å². The van der Waals surface area contributed by atoms with Crippen LogP contribution in [0, 0.1) is 0 Å². The van der Waals surface area contributed by atoms with Crippen LogP contribution >= 0.6 is 27.7 Å². The summed E-state index contributed by atoms with van der Waals surface area (Å²) in [6.07, 6.45) is 1.41. The second-order valence-corrected chi connectivity index (χ2v) is 2.72. The Bertz CT molecular complexity index is 99.0. The van der Waals surface area contributed by atoms with Gasteiger partial charge in [0.15, 0.2) is 0 Å². The van der Waals surface area contributed by atoms with Gasteiger partial charge in [-0.15, -0.1) is 11.6 Å². The van der Waals surface area contributed by atoms with Crippen molar-refractivity contribution < 1.29 is 4.79 Å². The summed E-state index contributed by atoms with van der Waals surface area (Å²) < 4.78 is 1.32. The first-order valence-corrected chi connectivity index (χ1v) is 3.98. The average molecular weight is 214 g/mol. The smallest absolute Gasteiger partial charge is 0.233 e. The normalized spacial score (nSPS) is 9.22. The van der Waals surface area contributed by atoms with E-state index in [0.29, 0.717) is 6.42 Å². The van der Waals surface area contributed by atoms with E-state index < -0.39 is 0 Å². The molecule has 0 unspecified atom stereocenters. The second-order valence-electron chi connectivity index (χ2n) is 1.63. The van der Waals surface area contributed by atoms with Crippen LogP contribution in [-0.4, -0.2) is 15.8 Å². The molecule has 0 aliphatic rings. The molecule has 54 valence electrons. The lowest BCUT2D eigenvalue weighted by Gasteiger charge is -2.07. The molecule has 9 heavy (non-hydrogen) atoms. The van der Waals surface area contributed by atoms with Crippen LogP contribution in [0.25, 0.3) is 0 Å². The van der Waals surface area contributed by atoms with Crippen LogP contribution in [0.15, 0.2) is 0 Å². The summed E-state index contributed by atoms with van der Waals surface area (Å²) >= 11 is 8.34. The molecular formula is C5H9BrClNO. The minimum absolute atomic E-state index is 0.0347.